The number of nitrogens with zero attached hydrogens (tertiary/aromatic N) is 4. The lowest BCUT2D eigenvalue weighted by molar-refractivity contribution is 0.669. The highest BCUT2D eigenvalue weighted by Crippen LogP contribution is 2.38. The fraction of sp³-hybridized carbons (Fsp3) is 0. The van der Waals surface area contributed by atoms with Crippen LogP contribution < -0.4 is 0 Å². The van der Waals surface area contributed by atoms with Crippen molar-refractivity contribution < 1.29 is 4.42 Å². The number of pyridine rings is 1. The van der Waals surface area contributed by atoms with E-state index < -0.39 is 0 Å². The van der Waals surface area contributed by atoms with Crippen LogP contribution in [0.5, 0.6) is 0 Å². The van der Waals surface area contributed by atoms with Gasteiger partial charge in [0.15, 0.2) is 17.5 Å². The maximum Gasteiger partial charge on any atom is 0.164 e. The molecule has 228 valence electrons. The molecular weight excluding hydrogens is 601 g/mol. The third-order valence-corrected chi connectivity index (χ3v) is 9.35. The molecule has 0 radical (unpaired) electrons. The molecule has 49 heavy (non-hydrogen) atoms. The van der Waals surface area contributed by atoms with Crippen molar-refractivity contribution in [2.75, 3.05) is 0 Å². The molecule has 10 rings (SSSR count). The van der Waals surface area contributed by atoms with E-state index in [-0.39, 0.29) is 0 Å². The summed E-state index contributed by atoms with van der Waals surface area (Å²) in [5, 5.41) is 7.76. The molecule has 0 bridgehead atoms. The van der Waals surface area contributed by atoms with Crippen LogP contribution >= 0.6 is 0 Å². The van der Waals surface area contributed by atoms with Gasteiger partial charge in [0, 0.05) is 45.1 Å². The summed E-state index contributed by atoms with van der Waals surface area (Å²) in [7, 11) is 0. The highest BCUT2D eigenvalue weighted by molar-refractivity contribution is 6.14. The number of benzene rings is 7. The van der Waals surface area contributed by atoms with E-state index in [0.29, 0.717) is 17.5 Å². The fourth-order valence-electron chi connectivity index (χ4n) is 6.94. The minimum Gasteiger partial charge on any atom is -0.456 e. The Morgan fingerprint density at radius 2 is 1.06 bits per heavy atom. The summed E-state index contributed by atoms with van der Waals surface area (Å²) < 4.78 is 6.38. The van der Waals surface area contributed by atoms with Crippen LogP contribution in [-0.2, 0) is 0 Å². The Kier molecular flexibility index (Phi) is 6.11. The molecule has 0 spiro atoms. The van der Waals surface area contributed by atoms with Crippen LogP contribution in [0, 0.1) is 0 Å². The zero-order chi connectivity index (χ0) is 32.3. The maximum atomic E-state index is 6.38. The normalized spacial score (nSPS) is 11.7. The lowest BCUT2D eigenvalue weighted by Gasteiger charge is -2.11. The molecule has 7 aromatic carbocycles. The lowest BCUT2D eigenvalue weighted by atomic mass is 9.97. The van der Waals surface area contributed by atoms with E-state index in [1.54, 1.807) is 6.20 Å². The second-order valence-corrected chi connectivity index (χ2v) is 12.3. The zero-order valence-corrected chi connectivity index (χ0v) is 26.2. The Labute approximate surface area is 281 Å². The standard InChI is InChI=1S/C44H26N4O/c1-2-10-31-24-33(22-17-27(31)8-1)43-46-42(30-20-18-29(19-21-30)35-14-5-11-28-9-3-4-13-34(28)35)47-44(48-43)36-15-6-16-39-41(36)37-25-32-12-7-23-45-38(32)26-40(37)49-39/h1-26H. The van der Waals surface area contributed by atoms with Gasteiger partial charge in [0.2, 0.25) is 0 Å². The molecule has 0 N–H and O–H groups in total. The average molecular weight is 627 g/mol. The van der Waals surface area contributed by atoms with Crippen molar-refractivity contribution in [2.45, 2.75) is 0 Å². The first-order chi connectivity index (χ1) is 24.2. The molecule has 0 amide bonds. The molecule has 0 aliphatic heterocycles. The van der Waals surface area contributed by atoms with Gasteiger partial charge in [-0.15, -0.1) is 0 Å². The van der Waals surface area contributed by atoms with Crippen molar-refractivity contribution in [1.82, 2.24) is 19.9 Å². The van der Waals surface area contributed by atoms with Crippen LogP contribution in [-0.4, -0.2) is 19.9 Å². The van der Waals surface area contributed by atoms with E-state index in [1.165, 1.54) is 21.7 Å². The van der Waals surface area contributed by atoms with Gasteiger partial charge in [-0.3, -0.25) is 4.98 Å². The van der Waals surface area contributed by atoms with E-state index in [9.17, 15) is 0 Å². The van der Waals surface area contributed by atoms with Crippen molar-refractivity contribution in [1.29, 1.82) is 0 Å². The minimum atomic E-state index is 0.589. The number of hydrogen-bond acceptors (Lipinski definition) is 5. The molecule has 0 aliphatic carbocycles. The number of furan rings is 1. The largest absolute Gasteiger partial charge is 0.456 e. The quantitative estimate of drug-likeness (QED) is 0.194. The molecule has 0 atom stereocenters. The monoisotopic (exact) mass is 626 g/mol. The smallest absolute Gasteiger partial charge is 0.164 e. The summed E-state index contributed by atoms with van der Waals surface area (Å²) >= 11 is 0. The van der Waals surface area contributed by atoms with Gasteiger partial charge in [-0.05, 0) is 56.9 Å². The fourth-order valence-corrected chi connectivity index (χ4v) is 6.94. The Morgan fingerprint density at radius 3 is 1.96 bits per heavy atom. The van der Waals surface area contributed by atoms with Crippen LogP contribution in [0.1, 0.15) is 0 Å². The van der Waals surface area contributed by atoms with Gasteiger partial charge >= 0.3 is 0 Å². The molecule has 5 nitrogen and oxygen atoms in total. The Balaban J connectivity index is 1.17. The van der Waals surface area contributed by atoms with Gasteiger partial charge in [-0.2, -0.15) is 0 Å². The number of aromatic nitrogens is 4. The molecular formula is C44H26N4O. The van der Waals surface area contributed by atoms with Crippen LogP contribution in [0.15, 0.2) is 162 Å². The highest BCUT2D eigenvalue weighted by Gasteiger charge is 2.19. The second kappa shape index (κ2) is 10.9. The van der Waals surface area contributed by atoms with Crippen molar-refractivity contribution >= 4 is 54.4 Å². The van der Waals surface area contributed by atoms with E-state index in [0.717, 1.165) is 60.5 Å². The van der Waals surface area contributed by atoms with Crippen molar-refractivity contribution in [3.05, 3.63) is 158 Å². The molecule has 3 aromatic heterocycles. The summed E-state index contributed by atoms with van der Waals surface area (Å²) in [6.45, 7) is 0. The number of fused-ring (bicyclic) bond motifs is 6. The summed E-state index contributed by atoms with van der Waals surface area (Å²) in [6.07, 6.45) is 1.80. The van der Waals surface area contributed by atoms with E-state index in [4.69, 9.17) is 19.4 Å². The highest BCUT2D eigenvalue weighted by atomic mass is 16.3. The molecule has 0 unspecified atom stereocenters. The minimum absolute atomic E-state index is 0.589. The first kappa shape index (κ1) is 27.4. The summed E-state index contributed by atoms with van der Waals surface area (Å²) in [6, 6.07) is 52.4. The van der Waals surface area contributed by atoms with Gasteiger partial charge in [0.1, 0.15) is 11.2 Å². The summed E-state index contributed by atoms with van der Waals surface area (Å²) in [4.78, 5) is 19.9. The van der Waals surface area contributed by atoms with E-state index >= 15 is 0 Å². The zero-order valence-electron chi connectivity index (χ0n) is 26.2. The van der Waals surface area contributed by atoms with E-state index in [2.05, 4.69) is 132 Å². The average Bonchev–Trinajstić information content (AvgIpc) is 3.54. The van der Waals surface area contributed by atoms with Crippen LogP contribution in [0.2, 0.25) is 0 Å². The van der Waals surface area contributed by atoms with Crippen LogP contribution in [0.4, 0.5) is 0 Å². The van der Waals surface area contributed by atoms with Crippen LogP contribution in [0.3, 0.4) is 0 Å². The Morgan fingerprint density at radius 1 is 0.388 bits per heavy atom. The van der Waals surface area contributed by atoms with Crippen LogP contribution in [0.25, 0.3) is 99.7 Å². The summed E-state index contributed by atoms with van der Waals surface area (Å²) in [5.41, 5.74) is 7.51. The van der Waals surface area contributed by atoms with Crippen molar-refractivity contribution in [3.63, 3.8) is 0 Å². The first-order valence-corrected chi connectivity index (χ1v) is 16.3. The SMILES string of the molecule is c1ccc2cc(-c3nc(-c4ccc(-c5cccc6ccccc56)cc4)nc(-c4cccc5oc6cc7ncccc7cc6c45)n3)ccc2c1. The van der Waals surface area contributed by atoms with E-state index in [1.807, 2.05) is 24.3 Å². The van der Waals surface area contributed by atoms with Crippen molar-refractivity contribution in [3.8, 4) is 45.3 Å². The maximum absolute atomic E-state index is 6.38. The lowest BCUT2D eigenvalue weighted by Crippen LogP contribution is -2.00. The van der Waals surface area contributed by atoms with Crippen molar-refractivity contribution in [2.24, 2.45) is 0 Å². The third kappa shape index (κ3) is 4.63. The Hall–Kier alpha value is -6.72. The van der Waals surface area contributed by atoms with Gasteiger partial charge in [-0.1, -0.05) is 121 Å². The van der Waals surface area contributed by atoms with Gasteiger partial charge < -0.3 is 4.42 Å². The molecule has 10 aromatic rings. The molecule has 5 heteroatoms. The Bertz CT molecular complexity index is 2890. The third-order valence-electron chi connectivity index (χ3n) is 9.35. The molecule has 0 saturated carbocycles. The van der Waals surface area contributed by atoms with Gasteiger partial charge in [-0.25, -0.2) is 15.0 Å². The topological polar surface area (TPSA) is 64.7 Å². The van der Waals surface area contributed by atoms with Gasteiger partial charge in [0.05, 0.1) is 5.52 Å². The predicted octanol–water partition coefficient (Wildman–Crippen LogP) is 11.3. The molecule has 0 saturated heterocycles. The summed E-state index contributed by atoms with van der Waals surface area (Å²) in [5.74, 6) is 1.81. The molecule has 0 aliphatic rings. The predicted molar refractivity (Wildman–Crippen MR) is 199 cm³/mol. The molecule has 3 heterocycles. The molecule has 0 fully saturated rings. The second-order valence-electron chi connectivity index (χ2n) is 12.3. The number of hydrogen-bond donors (Lipinski definition) is 0. The number of rotatable bonds is 4. The first-order valence-electron chi connectivity index (χ1n) is 16.3. The van der Waals surface area contributed by atoms with Gasteiger partial charge in [0.25, 0.3) is 0 Å².